The van der Waals surface area contributed by atoms with Gasteiger partial charge < -0.3 is 0 Å². The first-order chi connectivity index (χ1) is 5.40. The lowest BCUT2D eigenvalue weighted by Crippen LogP contribution is -1.97. The van der Waals surface area contributed by atoms with Gasteiger partial charge in [-0.25, -0.2) is 0 Å². The van der Waals surface area contributed by atoms with E-state index < -0.39 is 0 Å². The molecule has 0 aromatic carbocycles. The van der Waals surface area contributed by atoms with Crippen molar-refractivity contribution in [3.8, 4) is 6.07 Å². The fraction of sp³-hybridized carbons (Fsp3) is 0.700. The molecule has 0 aromatic rings. The summed E-state index contributed by atoms with van der Waals surface area (Å²) in [6, 6.07) is 2.18. The zero-order valence-corrected chi connectivity index (χ0v) is 6.71. The van der Waals surface area contributed by atoms with Crippen LogP contribution in [0.1, 0.15) is 32.1 Å². The highest BCUT2D eigenvalue weighted by atomic mass is 14.4. The number of nitrogens with zero attached hydrogens (tertiary/aromatic N) is 1. The lowest BCUT2D eigenvalue weighted by Gasteiger charge is -2.11. The SMILES string of the molecule is N#CCC=C1CC2CCC1C2. The van der Waals surface area contributed by atoms with Gasteiger partial charge in [0, 0.05) is 0 Å². The van der Waals surface area contributed by atoms with Gasteiger partial charge in [-0.05, 0) is 37.5 Å². The van der Waals surface area contributed by atoms with Crippen LogP contribution in [-0.4, -0.2) is 0 Å². The van der Waals surface area contributed by atoms with E-state index in [0.29, 0.717) is 6.42 Å². The Morgan fingerprint density at radius 3 is 3.00 bits per heavy atom. The third-order valence-corrected chi connectivity index (χ3v) is 3.05. The lowest BCUT2D eigenvalue weighted by atomic mass is 9.94. The number of rotatable bonds is 1. The molecule has 2 rings (SSSR count). The van der Waals surface area contributed by atoms with E-state index in [4.69, 9.17) is 5.26 Å². The largest absolute Gasteiger partial charge is 0.198 e. The van der Waals surface area contributed by atoms with Crippen LogP contribution >= 0.6 is 0 Å². The Morgan fingerprint density at radius 2 is 2.45 bits per heavy atom. The van der Waals surface area contributed by atoms with Crippen LogP contribution < -0.4 is 0 Å². The van der Waals surface area contributed by atoms with Gasteiger partial charge in [0.2, 0.25) is 0 Å². The fourth-order valence-electron chi connectivity index (χ4n) is 2.52. The molecule has 11 heavy (non-hydrogen) atoms. The first-order valence-electron chi connectivity index (χ1n) is 4.46. The van der Waals surface area contributed by atoms with E-state index in [-0.39, 0.29) is 0 Å². The summed E-state index contributed by atoms with van der Waals surface area (Å²) in [5.41, 5.74) is 1.59. The Morgan fingerprint density at radius 1 is 1.55 bits per heavy atom. The third kappa shape index (κ3) is 1.18. The summed E-state index contributed by atoms with van der Waals surface area (Å²) < 4.78 is 0. The molecule has 58 valence electrons. The van der Waals surface area contributed by atoms with E-state index in [1.54, 1.807) is 5.57 Å². The van der Waals surface area contributed by atoms with Crippen LogP contribution in [0.15, 0.2) is 11.6 Å². The highest BCUT2D eigenvalue weighted by molar-refractivity contribution is 5.17. The normalized spacial score (nSPS) is 37.9. The first-order valence-corrected chi connectivity index (χ1v) is 4.46. The van der Waals surface area contributed by atoms with Crippen LogP contribution in [0.25, 0.3) is 0 Å². The second-order valence-corrected chi connectivity index (χ2v) is 3.72. The van der Waals surface area contributed by atoms with E-state index in [9.17, 15) is 0 Å². The van der Waals surface area contributed by atoms with Crippen molar-refractivity contribution < 1.29 is 0 Å². The molecule has 1 heteroatoms. The number of nitriles is 1. The van der Waals surface area contributed by atoms with Crippen molar-refractivity contribution in [3.63, 3.8) is 0 Å². The molecule has 0 aliphatic heterocycles. The molecule has 2 aliphatic rings. The number of hydrogen-bond acceptors (Lipinski definition) is 1. The minimum atomic E-state index is 0.624. The summed E-state index contributed by atoms with van der Waals surface area (Å²) in [6.07, 6.45) is 8.32. The fourth-order valence-corrected chi connectivity index (χ4v) is 2.52. The van der Waals surface area contributed by atoms with E-state index in [2.05, 4.69) is 12.1 Å². The molecule has 0 saturated heterocycles. The van der Waals surface area contributed by atoms with Gasteiger partial charge in [-0.15, -0.1) is 0 Å². The lowest BCUT2D eigenvalue weighted by molar-refractivity contribution is 0.560. The summed E-state index contributed by atoms with van der Waals surface area (Å²) in [5, 5.41) is 8.40. The molecule has 0 amide bonds. The molecule has 2 aliphatic carbocycles. The highest BCUT2D eigenvalue weighted by Crippen LogP contribution is 2.47. The topological polar surface area (TPSA) is 23.8 Å². The smallest absolute Gasteiger partial charge is 0.0663 e. The maximum Gasteiger partial charge on any atom is 0.0663 e. The van der Waals surface area contributed by atoms with E-state index in [0.717, 1.165) is 11.8 Å². The van der Waals surface area contributed by atoms with Crippen LogP contribution in [0.2, 0.25) is 0 Å². The summed E-state index contributed by atoms with van der Waals surface area (Å²) in [6.45, 7) is 0. The average molecular weight is 147 g/mol. The van der Waals surface area contributed by atoms with E-state index in [1.807, 2.05) is 0 Å². The standard InChI is InChI=1S/C10H13N/c11-5-1-2-9-6-8-3-4-10(9)7-8/h2,8,10H,1,3-4,6-7H2. The van der Waals surface area contributed by atoms with E-state index in [1.165, 1.54) is 25.7 Å². The second-order valence-electron chi connectivity index (χ2n) is 3.72. The summed E-state index contributed by atoms with van der Waals surface area (Å²) in [7, 11) is 0. The molecule has 2 saturated carbocycles. The van der Waals surface area contributed by atoms with Crippen molar-refractivity contribution in [3.05, 3.63) is 11.6 Å². The number of allylic oxidation sites excluding steroid dienone is 2. The zero-order valence-electron chi connectivity index (χ0n) is 6.71. The van der Waals surface area contributed by atoms with Gasteiger partial charge in [-0.2, -0.15) is 5.26 Å². The van der Waals surface area contributed by atoms with Crippen molar-refractivity contribution in [1.29, 1.82) is 5.26 Å². The average Bonchev–Trinajstić information content (AvgIpc) is 2.60. The highest BCUT2D eigenvalue weighted by Gasteiger charge is 2.34. The molecule has 0 aromatic heterocycles. The first kappa shape index (κ1) is 6.91. The van der Waals surface area contributed by atoms with Gasteiger partial charge in [0.05, 0.1) is 12.5 Å². The van der Waals surface area contributed by atoms with Crippen LogP contribution in [0.3, 0.4) is 0 Å². The van der Waals surface area contributed by atoms with Crippen molar-refractivity contribution in [2.24, 2.45) is 11.8 Å². The molecular weight excluding hydrogens is 134 g/mol. The van der Waals surface area contributed by atoms with Crippen molar-refractivity contribution in [2.75, 3.05) is 0 Å². The predicted molar refractivity (Wildman–Crippen MR) is 43.8 cm³/mol. The Kier molecular flexibility index (Phi) is 1.69. The predicted octanol–water partition coefficient (Wildman–Crippen LogP) is 2.65. The maximum atomic E-state index is 8.40. The third-order valence-electron chi connectivity index (χ3n) is 3.05. The van der Waals surface area contributed by atoms with Crippen molar-refractivity contribution in [2.45, 2.75) is 32.1 Å². The molecule has 2 fully saturated rings. The quantitative estimate of drug-likeness (QED) is 0.523. The van der Waals surface area contributed by atoms with Crippen LogP contribution in [0.4, 0.5) is 0 Å². The molecule has 2 unspecified atom stereocenters. The van der Waals surface area contributed by atoms with Gasteiger partial charge in [0.15, 0.2) is 0 Å². The molecule has 0 radical (unpaired) electrons. The number of hydrogen-bond donors (Lipinski definition) is 0. The Balaban J connectivity index is 2.03. The summed E-state index contributed by atoms with van der Waals surface area (Å²) in [5.74, 6) is 1.85. The van der Waals surface area contributed by atoms with Gasteiger partial charge in [-0.3, -0.25) is 0 Å². The number of fused-ring (bicyclic) bond motifs is 2. The summed E-state index contributed by atoms with van der Waals surface area (Å²) >= 11 is 0. The van der Waals surface area contributed by atoms with Crippen LogP contribution in [0.5, 0.6) is 0 Å². The molecule has 2 atom stereocenters. The molecule has 0 N–H and O–H groups in total. The maximum absolute atomic E-state index is 8.40. The Hall–Kier alpha value is -0.770. The van der Waals surface area contributed by atoms with E-state index >= 15 is 0 Å². The molecule has 0 heterocycles. The van der Waals surface area contributed by atoms with Crippen molar-refractivity contribution in [1.82, 2.24) is 0 Å². The minimum absolute atomic E-state index is 0.624. The van der Waals surface area contributed by atoms with Gasteiger partial charge in [0.25, 0.3) is 0 Å². The zero-order chi connectivity index (χ0) is 7.68. The van der Waals surface area contributed by atoms with Crippen molar-refractivity contribution >= 4 is 0 Å². The second kappa shape index (κ2) is 2.70. The molecular formula is C10H13N. The van der Waals surface area contributed by atoms with Gasteiger partial charge >= 0.3 is 0 Å². The van der Waals surface area contributed by atoms with Gasteiger partial charge in [-0.1, -0.05) is 11.6 Å². The minimum Gasteiger partial charge on any atom is -0.198 e. The van der Waals surface area contributed by atoms with Crippen LogP contribution in [-0.2, 0) is 0 Å². The Bertz CT molecular complexity index is 222. The molecule has 1 nitrogen and oxygen atoms in total. The molecule has 0 spiro atoms. The Labute approximate surface area is 67.7 Å². The van der Waals surface area contributed by atoms with Gasteiger partial charge in [0.1, 0.15) is 0 Å². The van der Waals surface area contributed by atoms with Crippen LogP contribution in [0, 0.1) is 23.2 Å². The molecule has 2 bridgehead atoms. The summed E-state index contributed by atoms with van der Waals surface area (Å²) in [4.78, 5) is 0. The monoisotopic (exact) mass is 147 g/mol.